The number of thiophene rings is 1. The topological polar surface area (TPSA) is 113 Å². The molecular weight excluding hydrogens is 515 g/mol. The zero-order chi connectivity index (χ0) is 26.6. The van der Waals surface area contributed by atoms with Crippen LogP contribution in [0.3, 0.4) is 0 Å². The molecular formula is C24H22F3N3O6S. The highest BCUT2D eigenvalue weighted by molar-refractivity contribution is 7.07. The van der Waals surface area contributed by atoms with E-state index in [4.69, 9.17) is 19.1 Å². The molecule has 0 saturated carbocycles. The molecule has 5 rings (SSSR count). The van der Waals surface area contributed by atoms with Crippen LogP contribution in [0.5, 0.6) is 0 Å². The van der Waals surface area contributed by atoms with Crippen molar-refractivity contribution in [3.63, 3.8) is 0 Å². The fourth-order valence-electron chi connectivity index (χ4n) is 4.38. The van der Waals surface area contributed by atoms with E-state index in [1.807, 2.05) is 28.5 Å². The molecule has 3 aromatic heterocycles. The van der Waals surface area contributed by atoms with Crippen LogP contribution in [-0.2, 0) is 20.9 Å². The Morgan fingerprint density at radius 2 is 2.03 bits per heavy atom. The summed E-state index contributed by atoms with van der Waals surface area (Å²) in [7, 11) is 0. The van der Waals surface area contributed by atoms with Crippen LogP contribution in [0, 0.1) is 0 Å². The zero-order valence-electron chi connectivity index (χ0n) is 19.3. The molecule has 2 unspecified atom stereocenters. The molecule has 2 saturated heterocycles. The van der Waals surface area contributed by atoms with Crippen molar-refractivity contribution in [1.29, 1.82) is 0 Å². The van der Waals surface area contributed by atoms with Gasteiger partial charge in [-0.25, -0.2) is 4.79 Å². The first-order valence-corrected chi connectivity index (χ1v) is 12.0. The summed E-state index contributed by atoms with van der Waals surface area (Å²) in [5.41, 5.74) is 0.863. The number of carbonyl (C=O) groups excluding carboxylic acids is 2. The Hall–Kier alpha value is -3.71. The van der Waals surface area contributed by atoms with Crippen molar-refractivity contribution in [2.24, 2.45) is 0 Å². The molecule has 196 valence electrons. The first-order valence-electron chi connectivity index (χ1n) is 11.1. The summed E-state index contributed by atoms with van der Waals surface area (Å²) in [6, 6.07) is 9.13. The van der Waals surface area contributed by atoms with Gasteiger partial charge in [0, 0.05) is 37.9 Å². The van der Waals surface area contributed by atoms with Gasteiger partial charge in [-0.1, -0.05) is 6.07 Å². The fraction of sp³-hybridized carbons (Fsp3) is 0.333. The van der Waals surface area contributed by atoms with Gasteiger partial charge in [0.25, 0.3) is 11.8 Å². The summed E-state index contributed by atoms with van der Waals surface area (Å²) >= 11 is 1.61. The predicted octanol–water partition coefficient (Wildman–Crippen LogP) is 3.41. The Bertz CT molecular complexity index is 1220. The average molecular weight is 538 g/mol. The second-order valence-corrected chi connectivity index (χ2v) is 9.18. The largest absolute Gasteiger partial charge is 0.490 e. The van der Waals surface area contributed by atoms with Crippen molar-refractivity contribution < 1.29 is 41.8 Å². The summed E-state index contributed by atoms with van der Waals surface area (Å²) in [5.74, 6) is -3.12. The first-order chi connectivity index (χ1) is 17.6. The number of halogens is 3. The Kier molecular flexibility index (Phi) is 7.64. The van der Waals surface area contributed by atoms with Gasteiger partial charge in [0.05, 0.1) is 19.4 Å². The number of carboxylic acid groups (broad SMARTS) is 1. The predicted molar refractivity (Wildman–Crippen MR) is 124 cm³/mol. The van der Waals surface area contributed by atoms with Crippen LogP contribution in [0.15, 0.2) is 64.2 Å². The second-order valence-electron chi connectivity index (χ2n) is 8.40. The number of morpholine rings is 1. The van der Waals surface area contributed by atoms with E-state index in [1.54, 1.807) is 40.8 Å². The van der Waals surface area contributed by atoms with Crippen molar-refractivity contribution in [3.05, 3.63) is 76.6 Å². The molecule has 2 fully saturated rings. The van der Waals surface area contributed by atoms with E-state index < -0.39 is 17.7 Å². The number of aliphatic carboxylic acids is 1. The standard InChI is InChI=1S/C22H21N3O4S.C2HF3O2/c26-20(19-4-2-8-28-19)25-13-18(17-3-1-6-23-11-17)22(15-25)21(27)24(7-9-29-22)12-16-5-10-30-14-16;3-2(4,5)1(6)7/h1-6,8,10-11,14,18H,7,9,12-13,15H2;(H,6,7). The molecule has 3 aromatic rings. The number of carboxylic acids is 1. The van der Waals surface area contributed by atoms with Crippen molar-refractivity contribution in [2.75, 3.05) is 26.2 Å². The lowest BCUT2D eigenvalue weighted by Gasteiger charge is -2.42. The molecule has 2 atom stereocenters. The van der Waals surface area contributed by atoms with Crippen LogP contribution in [0.2, 0.25) is 0 Å². The molecule has 0 aliphatic carbocycles. The lowest BCUT2D eigenvalue weighted by atomic mass is 9.83. The number of likely N-dealkylation sites (tertiary alicyclic amines) is 1. The number of amides is 2. The van der Waals surface area contributed by atoms with E-state index >= 15 is 0 Å². The van der Waals surface area contributed by atoms with Gasteiger partial charge >= 0.3 is 12.1 Å². The summed E-state index contributed by atoms with van der Waals surface area (Å²) in [5, 5.41) is 11.2. The maximum Gasteiger partial charge on any atom is 0.490 e. The van der Waals surface area contributed by atoms with Gasteiger partial charge in [-0.05, 0) is 46.2 Å². The van der Waals surface area contributed by atoms with E-state index in [9.17, 15) is 22.8 Å². The number of rotatable bonds is 4. The smallest absolute Gasteiger partial charge is 0.475 e. The summed E-state index contributed by atoms with van der Waals surface area (Å²) in [4.78, 5) is 43.4. The Labute approximate surface area is 213 Å². The zero-order valence-corrected chi connectivity index (χ0v) is 20.1. The maximum absolute atomic E-state index is 13.7. The highest BCUT2D eigenvalue weighted by Gasteiger charge is 2.58. The molecule has 37 heavy (non-hydrogen) atoms. The Balaban J connectivity index is 0.000000405. The molecule has 2 amide bonds. The van der Waals surface area contributed by atoms with Gasteiger partial charge < -0.3 is 24.1 Å². The molecule has 9 nitrogen and oxygen atoms in total. The van der Waals surface area contributed by atoms with Gasteiger partial charge in [-0.15, -0.1) is 0 Å². The van der Waals surface area contributed by atoms with Crippen LogP contribution in [0.25, 0.3) is 0 Å². The minimum atomic E-state index is -5.08. The van der Waals surface area contributed by atoms with Crippen molar-refractivity contribution in [3.8, 4) is 0 Å². The molecule has 13 heteroatoms. The van der Waals surface area contributed by atoms with Crippen molar-refractivity contribution >= 4 is 29.1 Å². The third-order valence-electron chi connectivity index (χ3n) is 6.06. The molecule has 2 aliphatic rings. The lowest BCUT2D eigenvalue weighted by Crippen LogP contribution is -2.60. The number of furan rings is 1. The molecule has 1 spiro atoms. The van der Waals surface area contributed by atoms with E-state index in [-0.39, 0.29) is 30.0 Å². The van der Waals surface area contributed by atoms with E-state index in [2.05, 4.69) is 10.4 Å². The third kappa shape index (κ3) is 5.67. The Morgan fingerprint density at radius 1 is 1.24 bits per heavy atom. The number of aromatic nitrogens is 1. The number of carbonyl (C=O) groups is 3. The quantitative estimate of drug-likeness (QED) is 0.543. The maximum atomic E-state index is 13.7. The number of ether oxygens (including phenoxy) is 1. The minimum absolute atomic E-state index is 0.0800. The van der Waals surface area contributed by atoms with Gasteiger partial charge in [-0.2, -0.15) is 24.5 Å². The van der Waals surface area contributed by atoms with Crippen LogP contribution >= 0.6 is 11.3 Å². The molecule has 0 radical (unpaired) electrons. The highest BCUT2D eigenvalue weighted by Crippen LogP contribution is 2.42. The molecule has 5 heterocycles. The monoisotopic (exact) mass is 537 g/mol. The van der Waals surface area contributed by atoms with E-state index in [1.165, 1.54) is 6.26 Å². The molecule has 2 aliphatic heterocycles. The van der Waals surface area contributed by atoms with Crippen LogP contribution < -0.4 is 0 Å². The van der Waals surface area contributed by atoms with E-state index in [0.29, 0.717) is 26.2 Å². The van der Waals surface area contributed by atoms with Gasteiger partial charge in [0.15, 0.2) is 11.4 Å². The summed E-state index contributed by atoms with van der Waals surface area (Å²) < 4.78 is 43.3. The number of hydrogen-bond acceptors (Lipinski definition) is 7. The van der Waals surface area contributed by atoms with Crippen molar-refractivity contribution in [1.82, 2.24) is 14.8 Å². The summed E-state index contributed by atoms with van der Waals surface area (Å²) in [6.07, 6.45) is -0.159. The first kappa shape index (κ1) is 26.4. The van der Waals surface area contributed by atoms with Gasteiger partial charge in [0.2, 0.25) is 0 Å². The van der Waals surface area contributed by atoms with Crippen LogP contribution in [0.1, 0.15) is 27.6 Å². The fourth-order valence-corrected chi connectivity index (χ4v) is 5.04. The minimum Gasteiger partial charge on any atom is -0.475 e. The van der Waals surface area contributed by atoms with Crippen LogP contribution in [0.4, 0.5) is 13.2 Å². The molecule has 0 bridgehead atoms. The molecule has 0 aromatic carbocycles. The second kappa shape index (κ2) is 10.7. The SMILES string of the molecule is O=C(O)C(F)(F)F.O=C(c1ccco1)N1CC(c2cccnc2)C2(C1)OCCN(Cc1ccsc1)C2=O. The lowest BCUT2D eigenvalue weighted by molar-refractivity contribution is -0.192. The molecule has 1 N–H and O–H groups in total. The van der Waals surface area contributed by atoms with Gasteiger partial charge in [0.1, 0.15) is 0 Å². The average Bonchev–Trinajstić information content (AvgIpc) is 3.64. The number of pyridine rings is 1. The number of nitrogens with zero attached hydrogens (tertiary/aromatic N) is 3. The van der Waals surface area contributed by atoms with Crippen LogP contribution in [-0.4, -0.2) is 75.7 Å². The van der Waals surface area contributed by atoms with Crippen molar-refractivity contribution in [2.45, 2.75) is 24.2 Å². The number of alkyl halides is 3. The highest BCUT2D eigenvalue weighted by atomic mass is 32.1. The number of hydrogen-bond donors (Lipinski definition) is 1. The summed E-state index contributed by atoms with van der Waals surface area (Å²) in [6.45, 7) is 2.05. The van der Waals surface area contributed by atoms with E-state index in [0.717, 1.165) is 11.1 Å². The normalized spacial score (nSPS) is 21.6. The third-order valence-corrected chi connectivity index (χ3v) is 6.80. The van der Waals surface area contributed by atoms with Gasteiger partial charge in [-0.3, -0.25) is 14.6 Å². The Morgan fingerprint density at radius 3 is 2.62 bits per heavy atom.